The van der Waals surface area contributed by atoms with Gasteiger partial charge >= 0.3 is 0 Å². The van der Waals surface area contributed by atoms with Gasteiger partial charge in [0.1, 0.15) is 0 Å². The van der Waals surface area contributed by atoms with Crippen LogP contribution in [0.2, 0.25) is 0 Å². The Morgan fingerprint density at radius 2 is 1.89 bits per heavy atom. The lowest BCUT2D eigenvalue weighted by Crippen LogP contribution is -2.23. The van der Waals surface area contributed by atoms with E-state index in [1.807, 2.05) is 51.1 Å². The summed E-state index contributed by atoms with van der Waals surface area (Å²) < 4.78 is 6.86. The van der Waals surface area contributed by atoms with Crippen molar-refractivity contribution in [1.29, 1.82) is 0 Å². The number of amides is 1. The Morgan fingerprint density at radius 3 is 2.59 bits per heavy atom. The summed E-state index contributed by atoms with van der Waals surface area (Å²) in [6.45, 7) is 6.35. The lowest BCUT2D eigenvalue weighted by Gasteiger charge is -2.07. The first-order chi connectivity index (χ1) is 13.0. The minimum atomic E-state index is -0.151. The molecule has 0 saturated carbocycles. The van der Waals surface area contributed by atoms with E-state index in [9.17, 15) is 9.59 Å². The maximum absolute atomic E-state index is 12.5. The van der Waals surface area contributed by atoms with E-state index in [4.69, 9.17) is 4.52 Å². The predicted octanol–water partition coefficient (Wildman–Crippen LogP) is 3.11. The molecule has 1 N–H and O–H groups in total. The molecule has 0 radical (unpaired) electrons. The lowest BCUT2D eigenvalue weighted by atomic mass is 10.2. The number of carbonyl (C=O) groups is 1. The third kappa shape index (κ3) is 4.31. The highest BCUT2D eigenvalue weighted by molar-refractivity contribution is 5.90. The van der Waals surface area contributed by atoms with Crippen LogP contribution in [0.4, 0.5) is 5.69 Å². The van der Waals surface area contributed by atoms with Crippen LogP contribution < -0.4 is 10.9 Å². The fraction of sp³-hybridized carbons (Fsp3) is 0.300. The van der Waals surface area contributed by atoms with Gasteiger partial charge in [-0.1, -0.05) is 22.9 Å². The molecule has 1 aromatic carbocycles. The molecule has 0 bridgehead atoms. The third-order valence-corrected chi connectivity index (χ3v) is 4.32. The summed E-state index contributed by atoms with van der Waals surface area (Å²) in [5.41, 5.74) is 2.99. The summed E-state index contributed by atoms with van der Waals surface area (Å²) in [6, 6.07) is 11.1. The van der Waals surface area contributed by atoms with E-state index in [-0.39, 0.29) is 23.7 Å². The van der Waals surface area contributed by atoms with Gasteiger partial charge in [-0.2, -0.15) is 4.98 Å². The largest absolute Gasteiger partial charge is 0.339 e. The fourth-order valence-corrected chi connectivity index (χ4v) is 2.78. The second-order valence-electron chi connectivity index (χ2n) is 6.36. The van der Waals surface area contributed by atoms with Gasteiger partial charge in [-0.05, 0) is 45.0 Å². The van der Waals surface area contributed by atoms with Crippen molar-refractivity contribution in [3.8, 4) is 11.4 Å². The average molecular weight is 366 g/mol. The highest BCUT2D eigenvalue weighted by Crippen LogP contribution is 2.14. The van der Waals surface area contributed by atoms with E-state index < -0.39 is 0 Å². The molecule has 1 amide bonds. The average Bonchev–Trinajstić information content (AvgIpc) is 3.11. The molecular formula is C20H22N4O3. The first-order valence-corrected chi connectivity index (χ1v) is 8.88. The molecule has 2 aromatic heterocycles. The van der Waals surface area contributed by atoms with Crippen LogP contribution >= 0.6 is 0 Å². The van der Waals surface area contributed by atoms with Crippen LogP contribution in [0.3, 0.4) is 0 Å². The number of nitrogens with one attached hydrogen (secondary N) is 1. The van der Waals surface area contributed by atoms with Gasteiger partial charge in [0, 0.05) is 30.8 Å². The molecule has 2 heterocycles. The van der Waals surface area contributed by atoms with Gasteiger partial charge in [0.15, 0.2) is 0 Å². The summed E-state index contributed by atoms with van der Waals surface area (Å²) in [6.07, 6.45) is 0.515. The Bertz CT molecular complexity index is 1000. The van der Waals surface area contributed by atoms with Crippen LogP contribution in [0.15, 0.2) is 45.7 Å². The van der Waals surface area contributed by atoms with Gasteiger partial charge in [-0.15, -0.1) is 0 Å². The van der Waals surface area contributed by atoms with Gasteiger partial charge in [0.25, 0.3) is 5.56 Å². The van der Waals surface area contributed by atoms with E-state index in [2.05, 4.69) is 15.5 Å². The molecule has 27 heavy (non-hydrogen) atoms. The van der Waals surface area contributed by atoms with Crippen LogP contribution in [0, 0.1) is 13.8 Å². The van der Waals surface area contributed by atoms with Crippen molar-refractivity contribution in [2.24, 2.45) is 0 Å². The Balaban J connectivity index is 1.65. The van der Waals surface area contributed by atoms with E-state index in [1.54, 1.807) is 10.6 Å². The van der Waals surface area contributed by atoms with E-state index >= 15 is 0 Å². The van der Waals surface area contributed by atoms with Crippen LogP contribution in [-0.4, -0.2) is 20.6 Å². The van der Waals surface area contributed by atoms with Gasteiger partial charge < -0.3 is 14.4 Å². The number of pyridine rings is 1. The SMILES string of the molecule is CCn1c(C)ccc(-c2noc(CCC(=O)Nc3ccc(C)cc3)n2)c1=O. The summed E-state index contributed by atoms with van der Waals surface area (Å²) in [5, 5.41) is 6.72. The molecule has 3 rings (SSSR count). The number of rotatable bonds is 6. The minimum absolute atomic E-state index is 0.137. The summed E-state index contributed by atoms with van der Waals surface area (Å²) in [5.74, 6) is 0.436. The quantitative estimate of drug-likeness (QED) is 0.724. The zero-order valence-electron chi connectivity index (χ0n) is 15.7. The fourth-order valence-electron chi connectivity index (χ4n) is 2.78. The van der Waals surface area contributed by atoms with Gasteiger partial charge in [-0.3, -0.25) is 9.59 Å². The number of hydrogen-bond acceptors (Lipinski definition) is 5. The van der Waals surface area contributed by atoms with Crippen molar-refractivity contribution in [2.45, 2.75) is 40.2 Å². The maximum atomic E-state index is 12.5. The van der Waals surface area contributed by atoms with Crippen LogP contribution in [-0.2, 0) is 17.8 Å². The first-order valence-electron chi connectivity index (χ1n) is 8.88. The molecule has 0 spiro atoms. The molecule has 7 heteroatoms. The van der Waals surface area contributed by atoms with Crippen molar-refractivity contribution < 1.29 is 9.32 Å². The molecule has 0 aliphatic heterocycles. The molecule has 3 aromatic rings. The van der Waals surface area contributed by atoms with Gasteiger partial charge in [-0.25, -0.2) is 0 Å². The summed E-state index contributed by atoms with van der Waals surface area (Å²) >= 11 is 0. The number of carbonyl (C=O) groups excluding carboxylic acids is 1. The Morgan fingerprint density at radius 1 is 1.15 bits per heavy atom. The third-order valence-electron chi connectivity index (χ3n) is 4.32. The van der Waals surface area contributed by atoms with E-state index in [0.717, 1.165) is 16.9 Å². The van der Waals surface area contributed by atoms with E-state index in [0.29, 0.717) is 24.4 Å². The van der Waals surface area contributed by atoms with Crippen molar-refractivity contribution in [3.63, 3.8) is 0 Å². The molecule has 0 aliphatic rings. The van der Waals surface area contributed by atoms with E-state index in [1.165, 1.54) is 0 Å². The number of hydrogen-bond donors (Lipinski definition) is 1. The molecule has 0 atom stereocenters. The smallest absolute Gasteiger partial charge is 0.261 e. The molecular weight excluding hydrogens is 344 g/mol. The molecule has 140 valence electrons. The standard InChI is InChI=1S/C20H22N4O3/c1-4-24-14(3)7-10-16(20(24)26)19-22-18(27-23-19)12-11-17(25)21-15-8-5-13(2)6-9-15/h5-10H,4,11-12H2,1-3H3,(H,21,25). The Hall–Kier alpha value is -3.22. The zero-order valence-corrected chi connectivity index (χ0v) is 15.7. The van der Waals surface area contributed by atoms with Crippen LogP contribution in [0.5, 0.6) is 0 Å². The van der Waals surface area contributed by atoms with Crippen molar-refractivity contribution in [3.05, 3.63) is 63.9 Å². The lowest BCUT2D eigenvalue weighted by molar-refractivity contribution is -0.116. The topological polar surface area (TPSA) is 90.0 Å². The van der Waals surface area contributed by atoms with Gasteiger partial charge in [0.05, 0.1) is 5.56 Å². The number of aromatic nitrogens is 3. The normalized spacial score (nSPS) is 10.8. The van der Waals surface area contributed by atoms with Crippen LogP contribution in [0.1, 0.15) is 30.5 Å². The van der Waals surface area contributed by atoms with Crippen molar-refractivity contribution >= 4 is 11.6 Å². The van der Waals surface area contributed by atoms with Crippen molar-refractivity contribution in [2.75, 3.05) is 5.32 Å². The first kappa shape index (κ1) is 18.6. The summed E-state index contributed by atoms with van der Waals surface area (Å²) in [4.78, 5) is 28.8. The maximum Gasteiger partial charge on any atom is 0.261 e. The number of benzene rings is 1. The van der Waals surface area contributed by atoms with Crippen molar-refractivity contribution in [1.82, 2.24) is 14.7 Å². The Labute approximate surface area is 157 Å². The second-order valence-corrected chi connectivity index (χ2v) is 6.36. The number of nitrogens with zero attached hydrogens (tertiary/aromatic N) is 3. The highest BCUT2D eigenvalue weighted by Gasteiger charge is 2.15. The van der Waals surface area contributed by atoms with Gasteiger partial charge in [0.2, 0.25) is 17.6 Å². The molecule has 0 fully saturated rings. The molecule has 0 saturated heterocycles. The number of aryl methyl sites for hydroxylation is 3. The second kappa shape index (κ2) is 7.99. The highest BCUT2D eigenvalue weighted by atomic mass is 16.5. The van der Waals surface area contributed by atoms with Crippen LogP contribution in [0.25, 0.3) is 11.4 Å². The monoisotopic (exact) mass is 366 g/mol. The zero-order chi connectivity index (χ0) is 19.4. The summed E-state index contributed by atoms with van der Waals surface area (Å²) in [7, 11) is 0. The molecule has 0 unspecified atom stereocenters. The predicted molar refractivity (Wildman–Crippen MR) is 103 cm³/mol. The number of anilines is 1. The molecule has 0 aliphatic carbocycles. The molecule has 7 nitrogen and oxygen atoms in total. The Kier molecular flexibility index (Phi) is 5.49. The minimum Gasteiger partial charge on any atom is -0.339 e.